The van der Waals surface area contributed by atoms with Crippen molar-refractivity contribution in [2.45, 2.75) is 38.3 Å². The van der Waals surface area contributed by atoms with Gasteiger partial charge in [0, 0.05) is 13.8 Å². The number of carboxylic acid groups (broad SMARTS) is 2. The minimum atomic E-state index is -2.63. The quantitative estimate of drug-likeness (QED) is 0.142. The van der Waals surface area contributed by atoms with Crippen LogP contribution in [0.25, 0.3) is 0 Å². The fraction of sp³-hybridized carbons (Fsp3) is 0.500. The Bertz CT molecular complexity index is 503. The van der Waals surface area contributed by atoms with Gasteiger partial charge in [-0.05, 0) is 0 Å². The summed E-state index contributed by atoms with van der Waals surface area (Å²) in [6.07, 6.45) is -10.4. The van der Waals surface area contributed by atoms with Gasteiger partial charge in [0.2, 0.25) is 0 Å². The number of carboxylic acids is 2. The highest BCUT2D eigenvalue weighted by atomic mass is 16.6. The third-order valence-electron chi connectivity index (χ3n) is 2.28. The molecule has 4 atom stereocenters. The molecule has 0 aromatic heterocycles. The lowest BCUT2D eigenvalue weighted by atomic mass is 10.2. The Kier molecular flexibility index (Phi) is 10.7. The van der Waals surface area contributed by atoms with Crippen molar-refractivity contribution in [1.82, 2.24) is 0 Å². The molecule has 0 aliphatic carbocycles. The topological polar surface area (TPSA) is 233 Å². The van der Waals surface area contributed by atoms with Crippen molar-refractivity contribution < 1.29 is 64.1 Å². The van der Waals surface area contributed by atoms with Crippen molar-refractivity contribution >= 4 is 35.4 Å². The first-order valence-electron chi connectivity index (χ1n) is 6.18. The maximum absolute atomic E-state index is 10.9. The van der Waals surface area contributed by atoms with Crippen LogP contribution < -0.4 is 0 Å². The molecular weight excluding hydrogens is 352 g/mol. The highest BCUT2D eigenvalue weighted by Gasteiger charge is 2.37. The van der Waals surface area contributed by atoms with E-state index in [1.807, 2.05) is 0 Å². The molecule has 0 spiro atoms. The van der Waals surface area contributed by atoms with Gasteiger partial charge in [-0.15, -0.1) is 0 Å². The molecule has 0 saturated heterocycles. The lowest BCUT2D eigenvalue weighted by Gasteiger charge is -2.15. The van der Waals surface area contributed by atoms with Gasteiger partial charge in [-0.1, -0.05) is 0 Å². The van der Waals surface area contributed by atoms with E-state index in [1.165, 1.54) is 13.8 Å². The molecule has 0 bridgehead atoms. The number of hydrogen-bond acceptors (Lipinski definition) is 11. The van der Waals surface area contributed by atoms with E-state index in [2.05, 4.69) is 4.74 Å². The summed E-state index contributed by atoms with van der Waals surface area (Å²) in [6, 6.07) is 0. The first-order valence-corrected chi connectivity index (χ1v) is 6.18. The molecule has 0 rings (SSSR count). The zero-order valence-corrected chi connectivity index (χ0v) is 12.9. The maximum Gasteiger partial charge on any atom is 0.346 e. The predicted octanol–water partition coefficient (Wildman–Crippen LogP) is -4.17. The van der Waals surface area contributed by atoms with Crippen LogP contribution >= 0.6 is 0 Å². The van der Waals surface area contributed by atoms with Crippen molar-refractivity contribution in [3.63, 3.8) is 0 Å². The Morgan fingerprint density at radius 2 is 0.840 bits per heavy atom. The first kappa shape index (κ1) is 24.5. The largest absolute Gasteiger partial charge is 0.479 e. The van der Waals surface area contributed by atoms with Gasteiger partial charge in [-0.3, -0.25) is 9.59 Å². The van der Waals surface area contributed by atoms with E-state index in [4.69, 9.17) is 30.6 Å². The van der Waals surface area contributed by atoms with Crippen molar-refractivity contribution in [3.05, 3.63) is 0 Å². The number of ketones is 2. The van der Waals surface area contributed by atoms with Crippen molar-refractivity contribution in [3.8, 4) is 0 Å². The molecule has 4 unspecified atom stereocenters. The van der Waals surface area contributed by atoms with Crippen molar-refractivity contribution in [2.24, 2.45) is 0 Å². The average Bonchev–Trinajstić information content (AvgIpc) is 2.51. The molecule has 0 amide bonds. The van der Waals surface area contributed by atoms with Gasteiger partial charge in [0.25, 0.3) is 0 Å². The van der Waals surface area contributed by atoms with E-state index in [0.717, 1.165) is 0 Å². The van der Waals surface area contributed by atoms with E-state index >= 15 is 0 Å². The molecule has 0 aliphatic rings. The van der Waals surface area contributed by atoms with Crippen molar-refractivity contribution in [1.29, 1.82) is 0 Å². The van der Waals surface area contributed by atoms with Gasteiger partial charge in [0.15, 0.2) is 36.0 Å². The second-order valence-corrected chi connectivity index (χ2v) is 4.31. The Morgan fingerprint density at radius 3 is 1.00 bits per heavy atom. The minimum absolute atomic E-state index is 0.380. The molecule has 13 nitrogen and oxygen atoms in total. The number of carbonyl (C=O) groups is 6. The smallest absolute Gasteiger partial charge is 0.346 e. The molecule has 6 N–H and O–H groups in total. The zero-order chi connectivity index (χ0) is 20.5. The Morgan fingerprint density at radius 1 is 0.600 bits per heavy atom. The van der Waals surface area contributed by atoms with Gasteiger partial charge in [0.1, 0.15) is 0 Å². The molecule has 0 aromatic rings. The standard InChI is InChI=1S/C8H10O11.C4H6O2/c9-1(5(13)14)3(11)7(17)19-8(18)4(12)2(10)6(15)16;1-3(5)4(2)6/h1-4,9-12H,(H,13,14)(H,15,16);1-2H3. The van der Waals surface area contributed by atoms with E-state index in [0.29, 0.717) is 0 Å². The molecule has 13 heteroatoms. The molecule has 0 saturated carbocycles. The maximum atomic E-state index is 10.9. The molecule has 0 fully saturated rings. The van der Waals surface area contributed by atoms with Crippen molar-refractivity contribution in [2.75, 3.05) is 0 Å². The van der Waals surface area contributed by atoms with Crippen LogP contribution in [0.1, 0.15) is 13.8 Å². The highest BCUT2D eigenvalue weighted by molar-refractivity contribution is 6.35. The fourth-order valence-electron chi connectivity index (χ4n) is 0.748. The zero-order valence-electron chi connectivity index (χ0n) is 12.9. The Balaban J connectivity index is 0. The summed E-state index contributed by atoms with van der Waals surface area (Å²) in [5.74, 6) is -8.59. The fourth-order valence-corrected chi connectivity index (χ4v) is 0.748. The normalized spacial score (nSPS) is 14.6. The van der Waals surface area contributed by atoms with E-state index in [9.17, 15) is 28.8 Å². The highest BCUT2D eigenvalue weighted by Crippen LogP contribution is 2.02. The van der Waals surface area contributed by atoms with E-state index < -0.39 is 48.3 Å². The molecule has 142 valence electrons. The van der Waals surface area contributed by atoms with Crippen LogP contribution in [-0.4, -0.2) is 90.5 Å². The molecule has 0 aliphatic heterocycles. The second-order valence-electron chi connectivity index (χ2n) is 4.31. The number of hydrogen-bond donors (Lipinski definition) is 6. The average molecular weight is 368 g/mol. The third-order valence-corrected chi connectivity index (χ3v) is 2.28. The number of aliphatic hydroxyl groups excluding tert-OH is 4. The summed E-state index contributed by atoms with van der Waals surface area (Å²) in [5.41, 5.74) is 0. The summed E-state index contributed by atoms with van der Waals surface area (Å²) >= 11 is 0. The van der Waals surface area contributed by atoms with Gasteiger partial charge < -0.3 is 35.4 Å². The third kappa shape index (κ3) is 9.21. The SMILES string of the molecule is CC(=O)C(C)=O.O=C(O)C(O)C(O)C(=O)OC(=O)C(O)C(O)C(=O)O. The Hall–Kier alpha value is -2.74. The summed E-state index contributed by atoms with van der Waals surface area (Å²) in [4.78, 5) is 61.9. The number of carbonyl (C=O) groups excluding carboxylic acids is 4. The monoisotopic (exact) mass is 368 g/mol. The molecule has 0 radical (unpaired) electrons. The summed E-state index contributed by atoms with van der Waals surface area (Å²) < 4.78 is 3.69. The minimum Gasteiger partial charge on any atom is -0.479 e. The van der Waals surface area contributed by atoms with Gasteiger partial charge in [-0.2, -0.15) is 0 Å². The summed E-state index contributed by atoms with van der Waals surface area (Å²) in [5, 5.41) is 51.8. The van der Waals surface area contributed by atoms with E-state index in [1.54, 1.807) is 0 Å². The number of aliphatic carboxylic acids is 2. The van der Waals surface area contributed by atoms with Crippen LogP contribution in [0.5, 0.6) is 0 Å². The number of esters is 2. The molecule has 25 heavy (non-hydrogen) atoms. The number of aliphatic hydroxyl groups is 4. The lowest BCUT2D eigenvalue weighted by molar-refractivity contribution is -0.184. The van der Waals surface area contributed by atoms with Crippen LogP contribution in [0.2, 0.25) is 0 Å². The number of Topliss-reactive ketones (excluding diaryl/α,β-unsaturated/α-hetero) is 2. The Labute approximate surface area is 139 Å². The van der Waals surface area contributed by atoms with Gasteiger partial charge in [-0.25, -0.2) is 19.2 Å². The molecule has 0 heterocycles. The first-order chi connectivity index (χ1) is 11.2. The predicted molar refractivity (Wildman–Crippen MR) is 71.8 cm³/mol. The molecule has 0 aromatic carbocycles. The second kappa shape index (κ2) is 10.9. The number of ether oxygens (including phenoxy) is 1. The van der Waals surface area contributed by atoms with Crippen LogP contribution in [0.15, 0.2) is 0 Å². The van der Waals surface area contributed by atoms with Gasteiger partial charge in [0.05, 0.1) is 0 Å². The van der Waals surface area contributed by atoms with Crippen LogP contribution in [0.4, 0.5) is 0 Å². The van der Waals surface area contributed by atoms with E-state index in [-0.39, 0.29) is 11.6 Å². The van der Waals surface area contributed by atoms with Gasteiger partial charge >= 0.3 is 23.9 Å². The number of rotatable bonds is 7. The molecular formula is C12H16O13. The van der Waals surface area contributed by atoms with Crippen LogP contribution in [0.3, 0.4) is 0 Å². The van der Waals surface area contributed by atoms with Crippen LogP contribution in [0, 0.1) is 0 Å². The summed E-state index contributed by atoms with van der Waals surface area (Å²) in [6.45, 7) is 2.50. The van der Waals surface area contributed by atoms with Crippen LogP contribution in [-0.2, 0) is 33.5 Å². The summed E-state index contributed by atoms with van der Waals surface area (Å²) in [7, 11) is 0. The lowest BCUT2D eigenvalue weighted by Crippen LogP contribution is -2.45.